The van der Waals surface area contributed by atoms with Gasteiger partial charge in [0.05, 0.1) is 32.5 Å². The van der Waals surface area contributed by atoms with Crippen LogP contribution >= 0.6 is 22.9 Å². The minimum atomic E-state index is -4.61. The lowest BCUT2D eigenvalue weighted by Crippen LogP contribution is -2.51. The van der Waals surface area contributed by atoms with E-state index in [1.54, 1.807) is 22.8 Å². The number of aromatic hydroxyl groups is 1. The van der Waals surface area contributed by atoms with Crippen LogP contribution < -0.4 is 15.8 Å². The van der Waals surface area contributed by atoms with Crippen molar-refractivity contribution in [3.8, 4) is 16.5 Å². The summed E-state index contributed by atoms with van der Waals surface area (Å²) in [5.41, 5.74) is 0.685. The van der Waals surface area contributed by atoms with Crippen molar-refractivity contribution < 1.29 is 27.9 Å². The number of piperazine rings is 1. The highest BCUT2D eigenvalue weighted by atomic mass is 35.5. The number of nitrogens with one attached hydrogen (secondary N) is 1. The third-order valence-electron chi connectivity index (χ3n) is 9.42. The zero-order valence-electron chi connectivity index (χ0n) is 28.9. The van der Waals surface area contributed by atoms with E-state index >= 15 is 0 Å². The number of likely N-dealkylation sites (N-methyl/N-ethyl adjacent to an activating group) is 1. The Kier molecular flexibility index (Phi) is 9.62. The standard InChI is InChI=1S/C34H34ClF3N10O4S/c1-4-23-28(45-9-11-46(12-10-45)31(51)27-29(50)18(2)39-17-40-27)32(52)48-33(42-30(43-48)24-13-19-7-8-44(3)15-25(19)53-24)47(23)16-26(49)41-22-6-5-20(14-21(22)35)34(36,37)38/h5-6,13-14,17,50H,4,7-12,15-16H2,1-3H3,(H,41,49). The van der Waals surface area contributed by atoms with Crippen LogP contribution in [-0.2, 0) is 36.9 Å². The van der Waals surface area contributed by atoms with E-state index in [-0.39, 0.29) is 72.0 Å². The second-order valence-electron chi connectivity index (χ2n) is 12.9. The summed E-state index contributed by atoms with van der Waals surface area (Å²) in [6, 6.07) is 4.69. The van der Waals surface area contributed by atoms with E-state index in [0.29, 0.717) is 17.9 Å². The van der Waals surface area contributed by atoms with Gasteiger partial charge in [0.25, 0.3) is 11.5 Å². The van der Waals surface area contributed by atoms with Crippen LogP contribution in [0.1, 0.15) is 44.8 Å². The number of carbonyl (C=O) groups is 2. The SMILES string of the molecule is CCc1c(N2CCN(C(=O)c3ncnc(C)c3O)CC2)c(=O)n2nc(-c3cc4c(s3)CN(C)CC4)nc2n1CC(=O)Nc1ccc(C(F)(F)F)cc1Cl. The van der Waals surface area contributed by atoms with Crippen LogP contribution in [-0.4, -0.2) is 95.6 Å². The molecule has 2 aliphatic rings. The van der Waals surface area contributed by atoms with E-state index in [1.165, 1.54) is 26.2 Å². The molecule has 19 heteroatoms. The minimum Gasteiger partial charge on any atom is -0.504 e. The molecule has 2 N–H and O–H groups in total. The van der Waals surface area contributed by atoms with Gasteiger partial charge < -0.3 is 29.7 Å². The van der Waals surface area contributed by atoms with Crippen molar-refractivity contribution in [1.82, 2.24) is 38.9 Å². The van der Waals surface area contributed by atoms with E-state index in [4.69, 9.17) is 16.6 Å². The van der Waals surface area contributed by atoms with Crippen molar-refractivity contribution in [3.63, 3.8) is 0 Å². The maximum Gasteiger partial charge on any atom is 0.416 e. The van der Waals surface area contributed by atoms with Gasteiger partial charge in [-0.3, -0.25) is 14.4 Å². The molecule has 7 rings (SSSR count). The molecule has 53 heavy (non-hydrogen) atoms. The number of rotatable bonds is 7. The summed E-state index contributed by atoms with van der Waals surface area (Å²) in [6.45, 7) is 5.60. The van der Waals surface area contributed by atoms with Gasteiger partial charge in [-0.25, -0.2) is 9.97 Å². The Bertz CT molecular complexity index is 2320. The highest BCUT2D eigenvalue weighted by Crippen LogP contribution is 2.35. The Morgan fingerprint density at radius 2 is 1.85 bits per heavy atom. The first-order valence-electron chi connectivity index (χ1n) is 16.8. The third kappa shape index (κ3) is 6.93. The fraction of sp³-hybridized carbons (Fsp3) is 0.382. The van der Waals surface area contributed by atoms with E-state index in [9.17, 15) is 32.7 Å². The molecule has 0 radical (unpaired) electrons. The van der Waals surface area contributed by atoms with Crippen molar-refractivity contribution in [3.05, 3.63) is 79.1 Å². The lowest BCUT2D eigenvalue weighted by atomic mass is 10.1. The van der Waals surface area contributed by atoms with Crippen molar-refractivity contribution in [2.24, 2.45) is 0 Å². The zero-order chi connectivity index (χ0) is 37.8. The molecule has 0 bridgehead atoms. The summed E-state index contributed by atoms with van der Waals surface area (Å²) in [4.78, 5) is 61.4. The predicted octanol–water partition coefficient (Wildman–Crippen LogP) is 4.25. The molecular formula is C34H34ClF3N10O4S. The molecule has 2 amide bonds. The van der Waals surface area contributed by atoms with Gasteiger partial charge in [-0.1, -0.05) is 18.5 Å². The highest BCUT2D eigenvalue weighted by molar-refractivity contribution is 7.15. The van der Waals surface area contributed by atoms with Crippen molar-refractivity contribution in [2.45, 2.75) is 46.0 Å². The van der Waals surface area contributed by atoms with Crippen molar-refractivity contribution in [1.29, 1.82) is 0 Å². The van der Waals surface area contributed by atoms with E-state index in [1.807, 2.05) is 24.9 Å². The quantitative estimate of drug-likeness (QED) is 0.246. The summed E-state index contributed by atoms with van der Waals surface area (Å²) in [6.07, 6.45) is -2.24. The van der Waals surface area contributed by atoms with Crippen LogP contribution in [0.2, 0.25) is 5.02 Å². The van der Waals surface area contributed by atoms with Gasteiger partial charge in [0.1, 0.15) is 18.6 Å². The smallest absolute Gasteiger partial charge is 0.416 e. The average Bonchev–Trinajstić information content (AvgIpc) is 3.76. The van der Waals surface area contributed by atoms with E-state index in [0.717, 1.165) is 42.6 Å². The number of alkyl halides is 3. The predicted molar refractivity (Wildman–Crippen MR) is 192 cm³/mol. The number of nitrogens with zero attached hydrogens (tertiary/aromatic N) is 9. The molecule has 14 nitrogen and oxygen atoms in total. The lowest BCUT2D eigenvalue weighted by Gasteiger charge is -2.36. The number of thiophene rings is 1. The van der Waals surface area contributed by atoms with Crippen LogP contribution in [0.5, 0.6) is 5.75 Å². The molecule has 0 aliphatic carbocycles. The second kappa shape index (κ2) is 14.1. The first-order valence-corrected chi connectivity index (χ1v) is 18.0. The summed E-state index contributed by atoms with van der Waals surface area (Å²) >= 11 is 7.69. The van der Waals surface area contributed by atoms with E-state index < -0.39 is 29.1 Å². The Labute approximate surface area is 309 Å². The number of halogens is 4. The minimum absolute atomic E-state index is 0.0120. The van der Waals surface area contributed by atoms with Crippen LogP contribution in [0.25, 0.3) is 16.5 Å². The van der Waals surface area contributed by atoms with Crippen LogP contribution in [0.4, 0.5) is 24.5 Å². The Morgan fingerprint density at radius 3 is 2.55 bits per heavy atom. The maximum atomic E-state index is 14.4. The number of hydrogen-bond acceptors (Lipinski definition) is 11. The van der Waals surface area contributed by atoms with Gasteiger partial charge in [0.15, 0.2) is 17.3 Å². The van der Waals surface area contributed by atoms with Gasteiger partial charge in [-0.2, -0.15) is 22.7 Å². The first-order chi connectivity index (χ1) is 25.2. The number of benzene rings is 1. The molecule has 4 aromatic heterocycles. The fourth-order valence-electron chi connectivity index (χ4n) is 6.62. The molecular weight excluding hydrogens is 737 g/mol. The molecule has 1 saturated heterocycles. The molecule has 1 aromatic carbocycles. The summed E-state index contributed by atoms with van der Waals surface area (Å²) in [7, 11) is 2.05. The number of hydrogen-bond donors (Lipinski definition) is 2. The molecule has 5 aromatic rings. The normalized spacial score (nSPS) is 15.2. The molecule has 1 fully saturated rings. The number of carbonyl (C=O) groups excluding carboxylic acids is 2. The topological polar surface area (TPSA) is 154 Å². The molecule has 278 valence electrons. The van der Waals surface area contributed by atoms with Gasteiger partial charge >= 0.3 is 6.18 Å². The lowest BCUT2D eigenvalue weighted by molar-refractivity contribution is -0.137. The van der Waals surface area contributed by atoms with Crippen molar-refractivity contribution >= 4 is 51.9 Å². The second-order valence-corrected chi connectivity index (χ2v) is 14.5. The van der Waals surface area contributed by atoms with Crippen LogP contribution in [0.3, 0.4) is 0 Å². The molecule has 2 aliphatic heterocycles. The first kappa shape index (κ1) is 36.3. The Morgan fingerprint density at radius 1 is 1.09 bits per heavy atom. The monoisotopic (exact) mass is 770 g/mol. The molecule has 0 spiro atoms. The summed E-state index contributed by atoms with van der Waals surface area (Å²) < 4.78 is 42.5. The van der Waals surface area contributed by atoms with E-state index in [2.05, 4.69) is 25.3 Å². The molecule has 0 atom stereocenters. The average molecular weight is 771 g/mol. The molecule has 0 saturated carbocycles. The van der Waals surface area contributed by atoms with Gasteiger partial charge in [-0.15, -0.1) is 16.4 Å². The maximum absolute atomic E-state index is 14.4. The van der Waals surface area contributed by atoms with Gasteiger partial charge in [0, 0.05) is 44.1 Å². The molecule has 0 unspecified atom stereocenters. The largest absolute Gasteiger partial charge is 0.504 e. The summed E-state index contributed by atoms with van der Waals surface area (Å²) in [5, 5.41) is 17.4. The highest BCUT2D eigenvalue weighted by Gasteiger charge is 2.33. The zero-order valence-corrected chi connectivity index (χ0v) is 30.4. The third-order valence-corrected chi connectivity index (χ3v) is 10.9. The number of amides is 2. The van der Waals surface area contributed by atoms with Gasteiger partial charge in [0.2, 0.25) is 11.7 Å². The number of anilines is 2. The number of aryl methyl sites for hydroxylation is 1. The number of aromatic nitrogens is 6. The molecule has 6 heterocycles. The van der Waals surface area contributed by atoms with Crippen LogP contribution in [0, 0.1) is 6.92 Å². The fourth-order valence-corrected chi connectivity index (χ4v) is 8.07. The summed E-state index contributed by atoms with van der Waals surface area (Å²) in [5.74, 6) is -0.948. The van der Waals surface area contributed by atoms with Crippen molar-refractivity contribution in [2.75, 3.05) is 50.0 Å². The number of fused-ring (bicyclic) bond motifs is 2. The Hall–Kier alpha value is -5.07. The van der Waals surface area contributed by atoms with Crippen LogP contribution in [0.15, 0.2) is 35.4 Å². The Balaban J connectivity index is 1.25. The van der Waals surface area contributed by atoms with Gasteiger partial charge in [-0.05, 0) is 56.6 Å².